The average Bonchev–Trinajstić information content (AvgIpc) is 3.94. The van der Waals surface area contributed by atoms with Crippen LogP contribution in [0.3, 0.4) is 0 Å². The fourth-order valence-electron chi connectivity index (χ4n) is 8.98. The van der Waals surface area contributed by atoms with E-state index in [0.29, 0.717) is 0 Å². The standard InChI is InChI=1S/C48H30N4/c1-6-18-40-32(12-1)37-17-11-23-47(48(37)49-40)52-45-26-24-30(50-41-19-7-2-13-33(41)34-14-3-8-20-42(34)50)28-38(45)39-29-31(25-27-46(39)52)51-43-21-9-4-15-35(43)36-16-5-10-22-44(36)51/h1-29,49H. The molecule has 0 aliphatic heterocycles. The number of benzene rings is 8. The van der Waals surface area contributed by atoms with Crippen molar-refractivity contribution >= 4 is 87.2 Å². The summed E-state index contributed by atoms with van der Waals surface area (Å²) < 4.78 is 7.29. The van der Waals surface area contributed by atoms with Gasteiger partial charge in [0.25, 0.3) is 0 Å². The zero-order valence-corrected chi connectivity index (χ0v) is 28.1. The third-order valence-corrected chi connectivity index (χ3v) is 11.2. The Morgan fingerprint density at radius 1 is 0.288 bits per heavy atom. The van der Waals surface area contributed by atoms with Crippen LogP contribution in [0.15, 0.2) is 176 Å². The first kappa shape index (κ1) is 27.7. The fourth-order valence-corrected chi connectivity index (χ4v) is 8.98. The molecule has 4 nitrogen and oxygen atoms in total. The Labute approximate surface area is 298 Å². The molecule has 0 bridgehead atoms. The molecule has 0 unspecified atom stereocenters. The smallest absolute Gasteiger partial charge is 0.0709 e. The average molecular weight is 663 g/mol. The lowest BCUT2D eigenvalue weighted by Crippen LogP contribution is -1.97. The Bertz CT molecular complexity index is 3140. The molecule has 0 saturated carbocycles. The number of nitrogens with zero attached hydrogens (tertiary/aromatic N) is 3. The van der Waals surface area contributed by atoms with Crippen molar-refractivity contribution in [1.82, 2.24) is 18.7 Å². The van der Waals surface area contributed by atoms with Crippen LogP contribution >= 0.6 is 0 Å². The lowest BCUT2D eigenvalue weighted by atomic mass is 10.1. The summed E-state index contributed by atoms with van der Waals surface area (Å²) in [7, 11) is 0. The fraction of sp³-hybridized carbons (Fsp3) is 0. The summed E-state index contributed by atoms with van der Waals surface area (Å²) in [5.74, 6) is 0. The number of aromatic amines is 1. The van der Waals surface area contributed by atoms with Crippen molar-refractivity contribution < 1.29 is 0 Å². The number of aromatic nitrogens is 4. The number of rotatable bonds is 3. The second-order valence-electron chi connectivity index (χ2n) is 13.8. The van der Waals surface area contributed by atoms with Gasteiger partial charge in [-0.05, 0) is 72.8 Å². The van der Waals surface area contributed by atoms with Crippen LogP contribution in [0.4, 0.5) is 0 Å². The van der Waals surface area contributed by atoms with Crippen LogP contribution in [0.5, 0.6) is 0 Å². The molecule has 4 heterocycles. The highest BCUT2D eigenvalue weighted by atomic mass is 15.0. The molecule has 0 fully saturated rings. The Kier molecular flexibility index (Phi) is 5.47. The molecule has 12 aromatic rings. The Balaban J connectivity index is 1.20. The Hall–Kier alpha value is -7.04. The van der Waals surface area contributed by atoms with E-state index in [9.17, 15) is 0 Å². The van der Waals surface area contributed by atoms with Crippen LogP contribution in [0.2, 0.25) is 0 Å². The van der Waals surface area contributed by atoms with Crippen molar-refractivity contribution in [1.29, 1.82) is 0 Å². The van der Waals surface area contributed by atoms with Gasteiger partial charge < -0.3 is 18.7 Å². The maximum absolute atomic E-state index is 3.78. The molecule has 242 valence electrons. The second kappa shape index (κ2) is 10.3. The van der Waals surface area contributed by atoms with Crippen molar-refractivity contribution in [3.63, 3.8) is 0 Å². The summed E-state index contributed by atoms with van der Waals surface area (Å²) in [6, 6.07) is 64.2. The molecule has 8 aromatic carbocycles. The van der Waals surface area contributed by atoms with E-state index in [-0.39, 0.29) is 0 Å². The lowest BCUT2D eigenvalue weighted by molar-refractivity contribution is 1.16. The van der Waals surface area contributed by atoms with E-state index in [4.69, 9.17) is 0 Å². The zero-order chi connectivity index (χ0) is 33.9. The van der Waals surface area contributed by atoms with Crippen LogP contribution < -0.4 is 0 Å². The lowest BCUT2D eigenvalue weighted by Gasteiger charge is -2.11. The van der Waals surface area contributed by atoms with Gasteiger partial charge in [0.05, 0.1) is 44.3 Å². The Morgan fingerprint density at radius 3 is 1.19 bits per heavy atom. The first-order valence-electron chi connectivity index (χ1n) is 17.9. The van der Waals surface area contributed by atoms with E-state index in [1.165, 1.54) is 76.2 Å². The second-order valence-corrected chi connectivity index (χ2v) is 13.8. The third kappa shape index (κ3) is 3.65. The van der Waals surface area contributed by atoms with E-state index in [1.54, 1.807) is 0 Å². The molecule has 0 saturated heterocycles. The normalized spacial score (nSPS) is 12.2. The SMILES string of the molecule is c1ccc2c(c1)[nH]c1c(-n3c4ccc(-n5c6ccccc6c6ccccc65)cc4c4cc(-n5c6ccccc6c6ccccc65)ccc43)cccc12. The zero-order valence-electron chi connectivity index (χ0n) is 28.1. The van der Waals surface area contributed by atoms with E-state index < -0.39 is 0 Å². The van der Waals surface area contributed by atoms with Crippen molar-refractivity contribution in [2.75, 3.05) is 0 Å². The highest BCUT2D eigenvalue weighted by molar-refractivity contribution is 6.16. The maximum atomic E-state index is 3.78. The molecule has 12 rings (SSSR count). The van der Waals surface area contributed by atoms with Crippen LogP contribution in [0, 0.1) is 0 Å². The van der Waals surface area contributed by atoms with E-state index >= 15 is 0 Å². The van der Waals surface area contributed by atoms with Crippen molar-refractivity contribution in [2.45, 2.75) is 0 Å². The minimum Gasteiger partial charge on any atom is -0.353 e. The van der Waals surface area contributed by atoms with E-state index in [2.05, 4.69) is 195 Å². The molecule has 0 atom stereocenters. The van der Waals surface area contributed by atoms with Gasteiger partial charge >= 0.3 is 0 Å². The van der Waals surface area contributed by atoms with Crippen LogP contribution in [0.1, 0.15) is 0 Å². The number of H-pyrrole nitrogens is 1. The van der Waals surface area contributed by atoms with Crippen molar-refractivity contribution in [3.05, 3.63) is 176 Å². The Morgan fingerprint density at radius 2 is 0.692 bits per heavy atom. The van der Waals surface area contributed by atoms with Gasteiger partial charge in [0, 0.05) is 60.0 Å². The molecule has 0 spiro atoms. The number of hydrogen-bond donors (Lipinski definition) is 1. The molecule has 1 N–H and O–H groups in total. The largest absolute Gasteiger partial charge is 0.353 e. The highest BCUT2D eigenvalue weighted by Gasteiger charge is 2.20. The monoisotopic (exact) mass is 662 g/mol. The number of fused-ring (bicyclic) bond motifs is 12. The highest BCUT2D eigenvalue weighted by Crippen LogP contribution is 2.41. The molecule has 0 radical (unpaired) electrons. The van der Waals surface area contributed by atoms with Crippen molar-refractivity contribution in [2.24, 2.45) is 0 Å². The van der Waals surface area contributed by atoms with E-state index in [0.717, 1.165) is 28.1 Å². The maximum Gasteiger partial charge on any atom is 0.0709 e. The van der Waals surface area contributed by atoms with E-state index in [1.807, 2.05) is 0 Å². The van der Waals surface area contributed by atoms with Crippen LogP contribution in [-0.4, -0.2) is 18.7 Å². The minimum absolute atomic E-state index is 1.14. The summed E-state index contributed by atoms with van der Waals surface area (Å²) in [6.07, 6.45) is 0. The predicted molar refractivity (Wildman–Crippen MR) is 219 cm³/mol. The van der Waals surface area contributed by atoms with Gasteiger partial charge in [0.1, 0.15) is 0 Å². The molecular weight excluding hydrogens is 633 g/mol. The molecule has 52 heavy (non-hydrogen) atoms. The van der Waals surface area contributed by atoms with Gasteiger partial charge in [0.2, 0.25) is 0 Å². The molecule has 0 amide bonds. The van der Waals surface area contributed by atoms with Gasteiger partial charge in [-0.15, -0.1) is 0 Å². The van der Waals surface area contributed by atoms with Crippen molar-refractivity contribution in [3.8, 4) is 17.1 Å². The first-order valence-corrected chi connectivity index (χ1v) is 17.9. The number of para-hydroxylation sites is 6. The van der Waals surface area contributed by atoms with Crippen LogP contribution in [-0.2, 0) is 0 Å². The summed E-state index contributed by atoms with van der Waals surface area (Å²) in [4.78, 5) is 3.78. The molecular formula is C48H30N4. The molecule has 0 aliphatic rings. The predicted octanol–water partition coefficient (Wildman–Crippen LogP) is 12.6. The van der Waals surface area contributed by atoms with Gasteiger partial charge in [0.15, 0.2) is 0 Å². The summed E-state index contributed by atoms with van der Waals surface area (Å²) in [6.45, 7) is 0. The topological polar surface area (TPSA) is 30.6 Å². The molecule has 4 heteroatoms. The summed E-state index contributed by atoms with van der Waals surface area (Å²) >= 11 is 0. The summed E-state index contributed by atoms with van der Waals surface area (Å²) in [5, 5.41) is 9.95. The third-order valence-electron chi connectivity index (χ3n) is 11.2. The van der Waals surface area contributed by atoms with Gasteiger partial charge in [-0.3, -0.25) is 0 Å². The summed E-state index contributed by atoms with van der Waals surface area (Å²) in [5.41, 5.74) is 12.9. The van der Waals surface area contributed by atoms with Gasteiger partial charge in [-0.1, -0.05) is 103 Å². The molecule has 0 aliphatic carbocycles. The number of nitrogens with one attached hydrogen (secondary N) is 1. The first-order chi connectivity index (χ1) is 25.8. The van der Waals surface area contributed by atoms with Gasteiger partial charge in [-0.2, -0.15) is 0 Å². The quantitative estimate of drug-likeness (QED) is 0.195. The molecule has 4 aromatic heterocycles. The van der Waals surface area contributed by atoms with Crippen LogP contribution in [0.25, 0.3) is 104 Å². The van der Waals surface area contributed by atoms with Gasteiger partial charge in [-0.25, -0.2) is 0 Å². The number of hydrogen-bond acceptors (Lipinski definition) is 0. The minimum atomic E-state index is 1.14.